The largest absolute Gasteiger partial charge is 0.314 e. The van der Waals surface area contributed by atoms with Crippen molar-refractivity contribution in [1.82, 2.24) is 10.3 Å². The van der Waals surface area contributed by atoms with Gasteiger partial charge in [0, 0.05) is 22.3 Å². The second-order valence-corrected chi connectivity index (χ2v) is 6.67. The Bertz CT molecular complexity index is 571. The number of thiazole rings is 1. The van der Waals surface area contributed by atoms with Gasteiger partial charge in [0.1, 0.15) is 5.82 Å². The molecule has 1 heterocycles. The molecule has 1 aromatic heterocycles. The zero-order valence-corrected chi connectivity index (χ0v) is 14.0. The molecule has 0 saturated heterocycles. The highest BCUT2D eigenvalue weighted by Gasteiger charge is 2.13. The van der Waals surface area contributed by atoms with Gasteiger partial charge in [-0.25, -0.2) is 9.37 Å². The summed E-state index contributed by atoms with van der Waals surface area (Å²) in [6.45, 7) is 4.99. The number of benzene rings is 1. The maximum absolute atomic E-state index is 13.4. The summed E-state index contributed by atoms with van der Waals surface area (Å²) in [6, 6.07) is 5.10. The summed E-state index contributed by atoms with van der Waals surface area (Å²) in [5, 5.41) is 6.64. The number of nitrogens with zero attached hydrogens (tertiary/aromatic N) is 1. The van der Waals surface area contributed by atoms with Gasteiger partial charge in [0.2, 0.25) is 0 Å². The molecule has 0 aliphatic carbocycles. The number of hydrogen-bond donors (Lipinski definition) is 1. The van der Waals surface area contributed by atoms with Crippen LogP contribution < -0.4 is 5.32 Å². The van der Waals surface area contributed by atoms with Crippen LogP contribution in [0.25, 0.3) is 0 Å². The van der Waals surface area contributed by atoms with Crippen molar-refractivity contribution >= 4 is 27.3 Å². The Balaban J connectivity index is 2.10. The van der Waals surface area contributed by atoms with Gasteiger partial charge >= 0.3 is 0 Å². The van der Waals surface area contributed by atoms with Gasteiger partial charge in [-0.3, -0.25) is 0 Å². The minimum absolute atomic E-state index is 0.192. The topological polar surface area (TPSA) is 24.9 Å². The first-order valence-electron chi connectivity index (χ1n) is 6.66. The van der Waals surface area contributed by atoms with Crippen molar-refractivity contribution < 1.29 is 4.39 Å². The van der Waals surface area contributed by atoms with Gasteiger partial charge in [-0.05, 0) is 43.7 Å². The molecule has 108 valence electrons. The molecule has 2 aromatic rings. The zero-order valence-electron chi connectivity index (χ0n) is 11.6. The summed E-state index contributed by atoms with van der Waals surface area (Å²) >= 11 is 5.16. The van der Waals surface area contributed by atoms with Crippen LogP contribution in [0, 0.1) is 12.7 Å². The third-order valence-corrected chi connectivity index (χ3v) is 4.68. The Morgan fingerprint density at radius 1 is 1.40 bits per heavy atom. The monoisotopic (exact) mass is 356 g/mol. The first-order chi connectivity index (χ1) is 9.58. The van der Waals surface area contributed by atoms with Crippen molar-refractivity contribution in [3.05, 3.63) is 50.1 Å². The third kappa shape index (κ3) is 4.36. The van der Waals surface area contributed by atoms with Crippen molar-refractivity contribution in [3.8, 4) is 0 Å². The van der Waals surface area contributed by atoms with Crippen molar-refractivity contribution in [2.75, 3.05) is 6.54 Å². The highest BCUT2D eigenvalue weighted by molar-refractivity contribution is 9.10. The number of aryl methyl sites for hydroxylation is 1. The molecular formula is C15H18BrFN2S. The van der Waals surface area contributed by atoms with Crippen LogP contribution in [0.4, 0.5) is 4.39 Å². The second kappa shape index (κ2) is 7.29. The molecule has 2 rings (SSSR count). The number of likely N-dealkylation sites (N-methyl/N-ethyl adjacent to an activating group) is 1. The number of aromatic nitrogens is 1. The van der Waals surface area contributed by atoms with E-state index in [9.17, 15) is 4.39 Å². The molecule has 0 aliphatic heterocycles. The predicted octanol–water partition coefficient (Wildman–Crippen LogP) is 4.12. The maximum atomic E-state index is 13.4. The summed E-state index contributed by atoms with van der Waals surface area (Å²) in [5.41, 5.74) is 2.09. The molecule has 1 aromatic carbocycles. The van der Waals surface area contributed by atoms with E-state index in [1.165, 1.54) is 6.07 Å². The zero-order chi connectivity index (χ0) is 14.5. The van der Waals surface area contributed by atoms with Gasteiger partial charge in [-0.1, -0.05) is 22.9 Å². The van der Waals surface area contributed by atoms with E-state index in [-0.39, 0.29) is 11.9 Å². The van der Waals surface area contributed by atoms with Gasteiger partial charge in [0.25, 0.3) is 0 Å². The van der Waals surface area contributed by atoms with Crippen molar-refractivity contribution in [2.45, 2.75) is 32.7 Å². The molecule has 1 N–H and O–H groups in total. The normalized spacial score (nSPS) is 12.6. The maximum Gasteiger partial charge on any atom is 0.123 e. The number of halogens is 2. The van der Waals surface area contributed by atoms with Crippen LogP contribution in [0.3, 0.4) is 0 Å². The van der Waals surface area contributed by atoms with Crippen LogP contribution in [-0.4, -0.2) is 17.6 Å². The van der Waals surface area contributed by atoms with Gasteiger partial charge in [-0.2, -0.15) is 0 Å². The second-order valence-electron chi connectivity index (χ2n) is 4.76. The molecule has 5 heteroatoms. The Kier molecular flexibility index (Phi) is 5.69. The minimum atomic E-state index is -0.192. The van der Waals surface area contributed by atoms with Crippen LogP contribution in [0.2, 0.25) is 0 Å². The van der Waals surface area contributed by atoms with Crippen molar-refractivity contribution in [1.29, 1.82) is 0 Å². The number of rotatable bonds is 6. The van der Waals surface area contributed by atoms with Crippen molar-refractivity contribution in [2.24, 2.45) is 0 Å². The predicted molar refractivity (Wildman–Crippen MR) is 85.8 cm³/mol. The molecule has 0 spiro atoms. The molecule has 1 unspecified atom stereocenters. The van der Waals surface area contributed by atoms with E-state index in [0.717, 1.165) is 40.1 Å². The Hall–Kier alpha value is -0.780. The summed E-state index contributed by atoms with van der Waals surface area (Å²) in [5.74, 6) is -0.192. The van der Waals surface area contributed by atoms with Crippen LogP contribution in [0.5, 0.6) is 0 Å². The summed E-state index contributed by atoms with van der Waals surface area (Å²) in [6.07, 6.45) is 1.64. The molecule has 0 bridgehead atoms. The Labute approximate surface area is 131 Å². The van der Waals surface area contributed by atoms with E-state index in [1.807, 2.05) is 6.92 Å². The lowest BCUT2D eigenvalue weighted by Gasteiger charge is -2.18. The lowest BCUT2D eigenvalue weighted by molar-refractivity contribution is 0.514. The molecule has 0 amide bonds. The average Bonchev–Trinajstić information content (AvgIpc) is 2.79. The van der Waals surface area contributed by atoms with E-state index >= 15 is 0 Å². The minimum Gasteiger partial charge on any atom is -0.314 e. The highest BCUT2D eigenvalue weighted by Crippen LogP contribution is 2.20. The van der Waals surface area contributed by atoms with Crippen LogP contribution >= 0.6 is 27.3 Å². The van der Waals surface area contributed by atoms with Gasteiger partial charge in [0.15, 0.2) is 0 Å². The van der Waals surface area contributed by atoms with Gasteiger partial charge in [0.05, 0.1) is 10.7 Å². The quantitative estimate of drug-likeness (QED) is 0.841. The molecule has 0 fully saturated rings. The molecule has 1 atom stereocenters. The van der Waals surface area contributed by atoms with Gasteiger partial charge in [-0.15, -0.1) is 11.3 Å². The third-order valence-electron chi connectivity index (χ3n) is 3.09. The molecule has 20 heavy (non-hydrogen) atoms. The van der Waals surface area contributed by atoms with Crippen LogP contribution in [0.15, 0.2) is 28.1 Å². The van der Waals surface area contributed by atoms with E-state index in [0.29, 0.717) is 0 Å². The fraction of sp³-hybridized carbons (Fsp3) is 0.400. The SMILES string of the molecule is CCNC(Cc1csc(C)n1)Cc1cc(F)ccc1Br. The van der Waals surface area contributed by atoms with Crippen LogP contribution in [-0.2, 0) is 12.8 Å². The van der Waals surface area contributed by atoms with E-state index in [1.54, 1.807) is 23.5 Å². The van der Waals surface area contributed by atoms with Gasteiger partial charge < -0.3 is 5.32 Å². The van der Waals surface area contributed by atoms with Crippen LogP contribution in [0.1, 0.15) is 23.2 Å². The standard InChI is InChI=1S/C15H18BrFN2S/c1-3-18-13(8-14-9-20-10(2)19-14)7-11-6-12(17)4-5-15(11)16/h4-6,9,13,18H,3,7-8H2,1-2H3. The molecular weight excluding hydrogens is 339 g/mol. The Morgan fingerprint density at radius 2 is 2.20 bits per heavy atom. The highest BCUT2D eigenvalue weighted by atomic mass is 79.9. The summed E-state index contributed by atoms with van der Waals surface area (Å²) < 4.78 is 14.3. The fourth-order valence-corrected chi connectivity index (χ4v) is 3.26. The first-order valence-corrected chi connectivity index (χ1v) is 8.34. The summed E-state index contributed by atoms with van der Waals surface area (Å²) in [4.78, 5) is 4.51. The van der Waals surface area contributed by atoms with E-state index in [2.05, 4.69) is 38.5 Å². The Morgan fingerprint density at radius 3 is 2.85 bits per heavy atom. The molecule has 2 nitrogen and oxygen atoms in total. The number of nitrogens with one attached hydrogen (secondary N) is 1. The lowest BCUT2D eigenvalue weighted by Crippen LogP contribution is -2.33. The fourth-order valence-electron chi connectivity index (χ4n) is 2.22. The summed E-state index contributed by atoms with van der Waals surface area (Å²) in [7, 11) is 0. The molecule has 0 radical (unpaired) electrons. The van der Waals surface area contributed by atoms with E-state index < -0.39 is 0 Å². The molecule has 0 saturated carbocycles. The number of hydrogen-bond acceptors (Lipinski definition) is 3. The van der Waals surface area contributed by atoms with Crippen molar-refractivity contribution in [3.63, 3.8) is 0 Å². The first kappa shape index (κ1) is 15.6. The smallest absolute Gasteiger partial charge is 0.123 e. The lowest BCUT2D eigenvalue weighted by atomic mass is 10.0. The van der Waals surface area contributed by atoms with E-state index in [4.69, 9.17) is 0 Å². The molecule has 0 aliphatic rings. The average molecular weight is 357 g/mol.